The minimum absolute atomic E-state index is 0.565. The monoisotopic (exact) mass is 206 g/mol. The van der Waals surface area contributed by atoms with Crippen molar-refractivity contribution in [3.63, 3.8) is 0 Å². The Bertz CT molecular complexity index is 269. The molecule has 1 saturated carbocycles. The quantitative estimate of drug-likeness (QED) is 0.549. The van der Waals surface area contributed by atoms with Crippen LogP contribution < -0.4 is 0 Å². The number of hydrogen-bond donors (Lipinski definition) is 0. The van der Waals surface area contributed by atoms with Gasteiger partial charge in [0.1, 0.15) is 0 Å². The molecule has 1 nitrogen and oxygen atoms in total. The van der Waals surface area contributed by atoms with Gasteiger partial charge < -0.3 is 4.74 Å². The summed E-state index contributed by atoms with van der Waals surface area (Å²) >= 11 is 0. The molecule has 3 rings (SSSR count). The summed E-state index contributed by atoms with van der Waals surface area (Å²) in [7, 11) is 0. The SMILES string of the molecule is CC1=CCC2OC3CCCCC3C2CC1. The van der Waals surface area contributed by atoms with Gasteiger partial charge in [-0.15, -0.1) is 0 Å². The molecule has 4 atom stereocenters. The smallest absolute Gasteiger partial charge is 0.0645 e. The summed E-state index contributed by atoms with van der Waals surface area (Å²) in [5.74, 6) is 1.78. The molecule has 0 radical (unpaired) electrons. The predicted octanol–water partition coefficient (Wildman–Crippen LogP) is 3.69. The maximum Gasteiger partial charge on any atom is 0.0645 e. The van der Waals surface area contributed by atoms with E-state index >= 15 is 0 Å². The second-order valence-corrected chi connectivity index (χ2v) is 5.65. The Hall–Kier alpha value is -0.300. The lowest BCUT2D eigenvalue weighted by atomic mass is 9.76. The van der Waals surface area contributed by atoms with Crippen LogP contribution in [0.25, 0.3) is 0 Å². The third kappa shape index (κ3) is 1.75. The molecule has 3 aliphatic rings. The van der Waals surface area contributed by atoms with Gasteiger partial charge in [-0.05, 0) is 50.9 Å². The fourth-order valence-corrected chi connectivity index (χ4v) is 3.83. The van der Waals surface area contributed by atoms with Gasteiger partial charge >= 0.3 is 0 Å². The summed E-state index contributed by atoms with van der Waals surface area (Å²) in [5.41, 5.74) is 1.58. The molecular formula is C14H22O. The molecular weight excluding hydrogens is 184 g/mol. The number of rotatable bonds is 0. The normalized spacial score (nSPS) is 45.3. The van der Waals surface area contributed by atoms with Crippen LogP contribution in [0.2, 0.25) is 0 Å². The van der Waals surface area contributed by atoms with Crippen molar-refractivity contribution in [2.24, 2.45) is 11.8 Å². The molecule has 1 heteroatoms. The molecule has 0 aromatic heterocycles. The molecule has 84 valence electrons. The first-order chi connectivity index (χ1) is 7.34. The highest BCUT2D eigenvalue weighted by atomic mass is 16.5. The summed E-state index contributed by atoms with van der Waals surface area (Å²) < 4.78 is 6.25. The van der Waals surface area contributed by atoms with Gasteiger partial charge in [0.25, 0.3) is 0 Å². The van der Waals surface area contributed by atoms with Crippen LogP contribution in [0.15, 0.2) is 11.6 Å². The Labute approximate surface area is 92.9 Å². The third-order valence-corrected chi connectivity index (χ3v) is 4.70. The second kappa shape index (κ2) is 3.93. The highest BCUT2D eigenvalue weighted by Crippen LogP contribution is 2.46. The Morgan fingerprint density at radius 3 is 2.80 bits per heavy atom. The predicted molar refractivity (Wildman–Crippen MR) is 61.7 cm³/mol. The van der Waals surface area contributed by atoms with Crippen molar-refractivity contribution in [3.05, 3.63) is 11.6 Å². The standard InChI is InChI=1S/C14H22O/c1-10-6-8-12-11-4-2-3-5-13(11)15-14(12)9-7-10/h7,11-14H,2-6,8-9H2,1H3. The van der Waals surface area contributed by atoms with Crippen LogP contribution in [-0.2, 0) is 4.74 Å². The fourth-order valence-electron chi connectivity index (χ4n) is 3.83. The Kier molecular flexibility index (Phi) is 2.59. The zero-order valence-corrected chi connectivity index (χ0v) is 9.74. The molecule has 15 heavy (non-hydrogen) atoms. The van der Waals surface area contributed by atoms with E-state index in [-0.39, 0.29) is 0 Å². The third-order valence-electron chi connectivity index (χ3n) is 4.70. The molecule has 4 unspecified atom stereocenters. The van der Waals surface area contributed by atoms with E-state index in [9.17, 15) is 0 Å². The molecule has 0 N–H and O–H groups in total. The van der Waals surface area contributed by atoms with Crippen molar-refractivity contribution >= 4 is 0 Å². The van der Waals surface area contributed by atoms with Crippen LogP contribution in [0.1, 0.15) is 51.9 Å². The molecule has 1 saturated heterocycles. The van der Waals surface area contributed by atoms with Crippen molar-refractivity contribution in [2.75, 3.05) is 0 Å². The van der Waals surface area contributed by atoms with Crippen LogP contribution in [-0.4, -0.2) is 12.2 Å². The van der Waals surface area contributed by atoms with Crippen molar-refractivity contribution in [2.45, 2.75) is 64.1 Å². The first-order valence-electron chi connectivity index (χ1n) is 6.65. The van der Waals surface area contributed by atoms with Crippen LogP contribution in [0.3, 0.4) is 0 Å². The van der Waals surface area contributed by atoms with Crippen LogP contribution in [0.5, 0.6) is 0 Å². The van der Waals surface area contributed by atoms with E-state index in [0.717, 1.165) is 11.8 Å². The topological polar surface area (TPSA) is 9.23 Å². The fraction of sp³-hybridized carbons (Fsp3) is 0.857. The summed E-state index contributed by atoms with van der Waals surface area (Å²) in [6.45, 7) is 2.28. The van der Waals surface area contributed by atoms with E-state index in [4.69, 9.17) is 4.74 Å². The minimum Gasteiger partial charge on any atom is -0.374 e. The van der Waals surface area contributed by atoms with Crippen molar-refractivity contribution in [1.82, 2.24) is 0 Å². The highest BCUT2D eigenvalue weighted by Gasteiger charge is 2.44. The summed E-state index contributed by atoms with van der Waals surface area (Å²) in [4.78, 5) is 0. The molecule has 0 aromatic rings. The van der Waals surface area contributed by atoms with Gasteiger partial charge in [0.2, 0.25) is 0 Å². The van der Waals surface area contributed by atoms with E-state index in [1.165, 1.54) is 44.9 Å². The summed E-state index contributed by atoms with van der Waals surface area (Å²) in [6.07, 6.45) is 13.1. The lowest BCUT2D eigenvalue weighted by Gasteiger charge is -2.27. The average molecular weight is 206 g/mol. The Morgan fingerprint density at radius 1 is 1.07 bits per heavy atom. The highest BCUT2D eigenvalue weighted by molar-refractivity contribution is 5.06. The molecule has 2 fully saturated rings. The first kappa shape index (κ1) is 9.89. The van der Waals surface area contributed by atoms with Crippen LogP contribution in [0, 0.1) is 11.8 Å². The van der Waals surface area contributed by atoms with Gasteiger partial charge in [-0.1, -0.05) is 24.5 Å². The van der Waals surface area contributed by atoms with E-state index in [1.807, 2.05) is 0 Å². The lowest BCUT2D eigenvalue weighted by molar-refractivity contribution is 0.0176. The second-order valence-electron chi connectivity index (χ2n) is 5.65. The molecule has 1 heterocycles. The number of ether oxygens (including phenoxy) is 1. The number of hydrogen-bond acceptors (Lipinski definition) is 1. The van der Waals surface area contributed by atoms with E-state index in [2.05, 4.69) is 13.0 Å². The molecule has 0 bridgehead atoms. The number of fused-ring (bicyclic) bond motifs is 3. The van der Waals surface area contributed by atoms with Crippen LogP contribution in [0.4, 0.5) is 0 Å². The molecule has 2 aliphatic carbocycles. The maximum absolute atomic E-state index is 6.25. The van der Waals surface area contributed by atoms with E-state index in [0.29, 0.717) is 12.2 Å². The minimum atomic E-state index is 0.565. The molecule has 0 spiro atoms. The summed E-state index contributed by atoms with van der Waals surface area (Å²) in [5, 5.41) is 0. The Morgan fingerprint density at radius 2 is 1.87 bits per heavy atom. The van der Waals surface area contributed by atoms with Crippen LogP contribution >= 0.6 is 0 Å². The first-order valence-corrected chi connectivity index (χ1v) is 6.65. The maximum atomic E-state index is 6.25. The molecule has 1 aliphatic heterocycles. The van der Waals surface area contributed by atoms with Gasteiger partial charge in [-0.25, -0.2) is 0 Å². The molecule has 0 aromatic carbocycles. The number of allylic oxidation sites excluding steroid dienone is 1. The van der Waals surface area contributed by atoms with Gasteiger partial charge in [0.15, 0.2) is 0 Å². The van der Waals surface area contributed by atoms with Crippen molar-refractivity contribution in [1.29, 1.82) is 0 Å². The van der Waals surface area contributed by atoms with Gasteiger partial charge in [0.05, 0.1) is 12.2 Å². The van der Waals surface area contributed by atoms with E-state index < -0.39 is 0 Å². The van der Waals surface area contributed by atoms with Crippen molar-refractivity contribution in [3.8, 4) is 0 Å². The Balaban J connectivity index is 1.76. The largest absolute Gasteiger partial charge is 0.374 e. The zero-order valence-electron chi connectivity index (χ0n) is 9.74. The van der Waals surface area contributed by atoms with E-state index in [1.54, 1.807) is 5.57 Å². The zero-order chi connectivity index (χ0) is 10.3. The van der Waals surface area contributed by atoms with Gasteiger partial charge in [-0.3, -0.25) is 0 Å². The summed E-state index contributed by atoms with van der Waals surface area (Å²) in [6, 6.07) is 0. The average Bonchev–Trinajstić information content (AvgIpc) is 2.51. The lowest BCUT2D eigenvalue weighted by Crippen LogP contribution is -2.24. The van der Waals surface area contributed by atoms with Crippen molar-refractivity contribution < 1.29 is 4.74 Å². The molecule has 0 amide bonds. The van der Waals surface area contributed by atoms with Gasteiger partial charge in [-0.2, -0.15) is 0 Å². The van der Waals surface area contributed by atoms with Gasteiger partial charge in [0, 0.05) is 0 Å².